The summed E-state index contributed by atoms with van der Waals surface area (Å²) in [4.78, 5) is 0. The molecule has 0 saturated carbocycles. The molecule has 1 heterocycles. The lowest BCUT2D eigenvalue weighted by Gasteiger charge is -2.13. The van der Waals surface area contributed by atoms with Crippen molar-refractivity contribution < 1.29 is 17.9 Å². The Labute approximate surface area is 92.2 Å². The molecule has 0 amide bonds. The maximum atomic E-state index is 12.5. The topological polar surface area (TPSA) is 9.23 Å². The van der Waals surface area contributed by atoms with E-state index in [2.05, 4.69) is 0 Å². The Morgan fingerprint density at radius 1 is 1.31 bits per heavy atom. The lowest BCUT2D eigenvalue weighted by atomic mass is 9.90. The highest BCUT2D eigenvalue weighted by molar-refractivity contribution is 5.43. The minimum Gasteiger partial charge on any atom is -0.493 e. The summed E-state index contributed by atoms with van der Waals surface area (Å²) in [5.74, 6) is 0.962. The van der Waals surface area contributed by atoms with Crippen molar-refractivity contribution >= 4 is 0 Å². The molecule has 0 bridgehead atoms. The number of rotatable bonds is 1. The Morgan fingerprint density at radius 3 is 2.56 bits per heavy atom. The van der Waals surface area contributed by atoms with Gasteiger partial charge >= 0.3 is 6.18 Å². The zero-order valence-electron chi connectivity index (χ0n) is 9.14. The van der Waals surface area contributed by atoms with Crippen LogP contribution in [0.1, 0.15) is 30.9 Å². The molecule has 2 rings (SSSR count). The van der Waals surface area contributed by atoms with Crippen LogP contribution in [-0.4, -0.2) is 6.61 Å². The van der Waals surface area contributed by atoms with Gasteiger partial charge in [-0.25, -0.2) is 0 Å². The first kappa shape index (κ1) is 11.3. The van der Waals surface area contributed by atoms with Gasteiger partial charge in [0.2, 0.25) is 0 Å². The predicted octanol–water partition coefficient (Wildman–Crippen LogP) is 3.84. The number of halogens is 3. The molecule has 1 aromatic rings. The second kappa shape index (κ2) is 3.68. The summed E-state index contributed by atoms with van der Waals surface area (Å²) < 4.78 is 42.7. The van der Waals surface area contributed by atoms with E-state index in [0.29, 0.717) is 18.3 Å². The predicted molar refractivity (Wildman–Crippen MR) is 54.5 cm³/mol. The highest BCUT2D eigenvalue weighted by atomic mass is 19.4. The largest absolute Gasteiger partial charge is 0.493 e. The van der Waals surface area contributed by atoms with Crippen molar-refractivity contribution in [3.63, 3.8) is 0 Å². The van der Waals surface area contributed by atoms with Crippen molar-refractivity contribution in [2.45, 2.75) is 25.9 Å². The van der Waals surface area contributed by atoms with Crippen LogP contribution in [0.5, 0.6) is 5.75 Å². The molecular weight excluding hydrogens is 217 g/mol. The van der Waals surface area contributed by atoms with Crippen LogP contribution < -0.4 is 4.74 Å². The average Bonchev–Trinajstić information content (AvgIpc) is 2.58. The maximum absolute atomic E-state index is 12.5. The molecule has 0 radical (unpaired) electrons. The number of hydrogen-bond acceptors (Lipinski definition) is 1. The molecular formula is C12H13F3O. The maximum Gasteiger partial charge on any atom is 0.416 e. The fraction of sp³-hybridized carbons (Fsp3) is 0.500. The number of ether oxygens (including phenoxy) is 1. The molecule has 1 nitrogen and oxygen atoms in total. The molecule has 1 aromatic carbocycles. The van der Waals surface area contributed by atoms with Gasteiger partial charge in [0.25, 0.3) is 0 Å². The van der Waals surface area contributed by atoms with E-state index in [9.17, 15) is 13.2 Å². The lowest BCUT2D eigenvalue weighted by Crippen LogP contribution is -2.07. The van der Waals surface area contributed by atoms with Gasteiger partial charge in [0.1, 0.15) is 5.75 Å². The Kier molecular flexibility index (Phi) is 2.60. The van der Waals surface area contributed by atoms with Crippen LogP contribution in [0.3, 0.4) is 0 Å². The molecule has 1 unspecified atom stereocenters. The van der Waals surface area contributed by atoms with E-state index in [1.807, 2.05) is 13.8 Å². The van der Waals surface area contributed by atoms with E-state index in [4.69, 9.17) is 4.74 Å². The Morgan fingerprint density at radius 2 is 2.00 bits per heavy atom. The summed E-state index contributed by atoms with van der Waals surface area (Å²) in [7, 11) is 0. The molecule has 0 aromatic heterocycles. The first-order valence-corrected chi connectivity index (χ1v) is 5.23. The van der Waals surface area contributed by atoms with Crippen LogP contribution in [0, 0.1) is 5.92 Å². The third-order valence-corrected chi connectivity index (χ3v) is 2.96. The Hall–Kier alpha value is -1.19. The molecule has 4 heteroatoms. The molecule has 0 N–H and O–H groups in total. The van der Waals surface area contributed by atoms with Gasteiger partial charge in [-0.2, -0.15) is 13.2 Å². The molecule has 0 fully saturated rings. The van der Waals surface area contributed by atoms with Gasteiger partial charge in [0, 0.05) is 11.5 Å². The molecule has 1 atom stereocenters. The number of fused-ring (bicyclic) bond motifs is 1. The number of alkyl halides is 3. The monoisotopic (exact) mass is 230 g/mol. The van der Waals surface area contributed by atoms with Crippen molar-refractivity contribution in [1.29, 1.82) is 0 Å². The van der Waals surface area contributed by atoms with E-state index in [-0.39, 0.29) is 5.92 Å². The van der Waals surface area contributed by atoms with Crippen LogP contribution in [0.25, 0.3) is 0 Å². The van der Waals surface area contributed by atoms with Crippen molar-refractivity contribution in [1.82, 2.24) is 0 Å². The molecule has 16 heavy (non-hydrogen) atoms. The fourth-order valence-corrected chi connectivity index (χ4v) is 1.96. The van der Waals surface area contributed by atoms with Crippen molar-refractivity contribution in [2.24, 2.45) is 5.92 Å². The highest BCUT2D eigenvalue weighted by Gasteiger charge is 2.34. The van der Waals surface area contributed by atoms with Gasteiger partial charge in [0.05, 0.1) is 12.2 Å². The van der Waals surface area contributed by atoms with E-state index in [1.54, 1.807) is 0 Å². The van der Waals surface area contributed by atoms with Crippen LogP contribution in [0.2, 0.25) is 0 Å². The summed E-state index contributed by atoms with van der Waals surface area (Å²) in [6, 6.07) is 3.76. The van der Waals surface area contributed by atoms with E-state index < -0.39 is 11.7 Å². The van der Waals surface area contributed by atoms with Crippen LogP contribution in [0.15, 0.2) is 18.2 Å². The van der Waals surface area contributed by atoms with Gasteiger partial charge in [0.15, 0.2) is 0 Å². The summed E-state index contributed by atoms with van der Waals surface area (Å²) >= 11 is 0. The van der Waals surface area contributed by atoms with E-state index in [1.165, 1.54) is 6.07 Å². The molecule has 0 spiro atoms. The lowest BCUT2D eigenvalue weighted by molar-refractivity contribution is -0.137. The Balaban J connectivity index is 2.37. The van der Waals surface area contributed by atoms with Crippen molar-refractivity contribution in [3.05, 3.63) is 29.3 Å². The minimum atomic E-state index is -4.30. The van der Waals surface area contributed by atoms with Crippen molar-refractivity contribution in [2.75, 3.05) is 6.61 Å². The van der Waals surface area contributed by atoms with E-state index >= 15 is 0 Å². The van der Waals surface area contributed by atoms with Gasteiger partial charge in [-0.3, -0.25) is 0 Å². The van der Waals surface area contributed by atoms with Crippen LogP contribution in [-0.2, 0) is 6.18 Å². The molecule has 1 aliphatic heterocycles. The zero-order valence-corrected chi connectivity index (χ0v) is 9.14. The standard InChI is InChI=1S/C12H13F3O/c1-7(2)10-6-16-11-5-8(12(13,14)15)3-4-9(10)11/h3-5,7,10H,6H2,1-2H3. The third kappa shape index (κ3) is 1.88. The van der Waals surface area contributed by atoms with Gasteiger partial charge in [-0.1, -0.05) is 19.9 Å². The summed E-state index contributed by atoms with van der Waals surface area (Å²) in [5, 5.41) is 0. The number of benzene rings is 1. The quantitative estimate of drug-likeness (QED) is 0.712. The zero-order chi connectivity index (χ0) is 11.9. The summed E-state index contributed by atoms with van der Waals surface area (Å²) in [5.41, 5.74) is 0.249. The SMILES string of the molecule is CC(C)C1COc2cc(C(F)(F)F)ccc21. The van der Waals surface area contributed by atoms with Crippen LogP contribution in [0.4, 0.5) is 13.2 Å². The van der Waals surface area contributed by atoms with E-state index in [0.717, 1.165) is 17.7 Å². The summed E-state index contributed by atoms with van der Waals surface area (Å²) in [6.07, 6.45) is -4.30. The van der Waals surface area contributed by atoms with Crippen LogP contribution >= 0.6 is 0 Å². The first-order valence-electron chi connectivity index (χ1n) is 5.23. The van der Waals surface area contributed by atoms with Gasteiger partial charge in [-0.15, -0.1) is 0 Å². The Bertz CT molecular complexity index is 396. The molecule has 0 saturated heterocycles. The molecule has 1 aliphatic rings. The third-order valence-electron chi connectivity index (χ3n) is 2.96. The van der Waals surface area contributed by atoms with Gasteiger partial charge < -0.3 is 4.74 Å². The van der Waals surface area contributed by atoms with Crippen molar-refractivity contribution in [3.8, 4) is 5.75 Å². The second-order valence-electron chi connectivity index (χ2n) is 4.41. The van der Waals surface area contributed by atoms with Gasteiger partial charge in [-0.05, 0) is 18.1 Å². The average molecular weight is 230 g/mol. The number of hydrogen-bond donors (Lipinski definition) is 0. The first-order chi connectivity index (χ1) is 7.39. The second-order valence-corrected chi connectivity index (χ2v) is 4.41. The summed E-state index contributed by atoms with van der Waals surface area (Å²) in [6.45, 7) is 4.57. The highest BCUT2D eigenvalue weighted by Crippen LogP contribution is 2.41. The fourth-order valence-electron chi connectivity index (χ4n) is 1.96. The normalized spacial score (nSPS) is 19.8. The minimum absolute atomic E-state index is 0.206. The molecule has 88 valence electrons. The smallest absolute Gasteiger partial charge is 0.416 e. The molecule has 0 aliphatic carbocycles.